The van der Waals surface area contributed by atoms with Crippen LogP contribution in [0.1, 0.15) is 25.8 Å². The largest absolute Gasteiger partial charge is 0.490 e. The van der Waals surface area contributed by atoms with Gasteiger partial charge in [0, 0.05) is 13.6 Å². The average Bonchev–Trinajstić information content (AvgIpc) is 2.49. The molecule has 1 aromatic rings. The van der Waals surface area contributed by atoms with Crippen molar-refractivity contribution in [3.8, 4) is 5.75 Å². The number of hydrogen-bond donors (Lipinski definition) is 2. The Morgan fingerprint density at radius 2 is 2.00 bits per heavy atom. The molecule has 4 nitrogen and oxygen atoms in total. The molecule has 0 fully saturated rings. The summed E-state index contributed by atoms with van der Waals surface area (Å²) in [5, 5.41) is 6.02. The number of benzene rings is 1. The van der Waals surface area contributed by atoms with E-state index < -0.39 is 0 Å². The lowest BCUT2D eigenvalue weighted by Gasteiger charge is -2.19. The maximum Gasteiger partial charge on any atom is 0.236 e. The Hall–Kier alpha value is -1.81. The number of rotatable bonds is 9. The van der Waals surface area contributed by atoms with Gasteiger partial charge in [-0.15, -0.1) is 0 Å². The molecule has 0 radical (unpaired) electrons. The highest BCUT2D eigenvalue weighted by atomic mass is 16.5. The zero-order chi connectivity index (χ0) is 15.7. The summed E-state index contributed by atoms with van der Waals surface area (Å²) in [5.74, 6) is 1.33. The summed E-state index contributed by atoms with van der Waals surface area (Å²) in [6.07, 6.45) is 2.54. The van der Waals surface area contributed by atoms with Gasteiger partial charge in [-0.05, 0) is 30.0 Å². The molecule has 1 unspecified atom stereocenters. The van der Waals surface area contributed by atoms with E-state index in [-0.39, 0.29) is 11.9 Å². The highest BCUT2D eigenvalue weighted by Crippen LogP contribution is 2.13. The molecule has 2 N–H and O–H groups in total. The molecule has 1 amide bonds. The molecule has 116 valence electrons. The van der Waals surface area contributed by atoms with E-state index in [2.05, 4.69) is 31.1 Å². The van der Waals surface area contributed by atoms with Crippen LogP contribution in [0.25, 0.3) is 0 Å². The molecule has 0 aliphatic heterocycles. The van der Waals surface area contributed by atoms with Crippen molar-refractivity contribution in [3.63, 3.8) is 0 Å². The molecule has 0 aromatic heterocycles. The van der Waals surface area contributed by atoms with Gasteiger partial charge in [0.25, 0.3) is 0 Å². The lowest BCUT2D eigenvalue weighted by molar-refractivity contribution is -0.123. The number of likely N-dealkylation sites (N-methyl/N-ethyl adjacent to an activating group) is 1. The van der Waals surface area contributed by atoms with Gasteiger partial charge in [0.1, 0.15) is 12.4 Å². The Morgan fingerprint density at radius 1 is 1.33 bits per heavy atom. The van der Waals surface area contributed by atoms with E-state index in [1.807, 2.05) is 24.3 Å². The zero-order valence-electron chi connectivity index (χ0n) is 13.2. The molecule has 0 spiro atoms. The van der Waals surface area contributed by atoms with Crippen molar-refractivity contribution in [2.75, 3.05) is 13.7 Å². The molecule has 0 aliphatic carbocycles. The molecule has 4 heteroatoms. The number of carbonyl (C=O) groups excluding carboxylic acids is 1. The normalized spacial score (nSPS) is 12.0. The van der Waals surface area contributed by atoms with Crippen LogP contribution in [0.3, 0.4) is 0 Å². The summed E-state index contributed by atoms with van der Waals surface area (Å²) in [6, 6.07) is 7.70. The quantitative estimate of drug-likeness (QED) is 0.687. The first-order valence-electron chi connectivity index (χ1n) is 7.34. The van der Waals surface area contributed by atoms with Crippen LogP contribution in [0.2, 0.25) is 0 Å². The molecule has 1 atom stereocenters. The summed E-state index contributed by atoms with van der Waals surface area (Å²) >= 11 is 0. The highest BCUT2D eigenvalue weighted by molar-refractivity contribution is 5.81. The van der Waals surface area contributed by atoms with Crippen LogP contribution in [0.4, 0.5) is 0 Å². The summed E-state index contributed by atoms with van der Waals surface area (Å²) in [7, 11) is 1.67. The fraction of sp³-hybridized carbons (Fsp3) is 0.471. The van der Waals surface area contributed by atoms with E-state index in [9.17, 15) is 4.79 Å². The second kappa shape index (κ2) is 9.19. The minimum absolute atomic E-state index is 0.0367. The molecular weight excluding hydrogens is 264 g/mol. The average molecular weight is 290 g/mol. The van der Waals surface area contributed by atoms with E-state index in [1.165, 1.54) is 0 Å². The first-order valence-corrected chi connectivity index (χ1v) is 7.34. The van der Waals surface area contributed by atoms with Crippen molar-refractivity contribution >= 4 is 5.91 Å². The molecule has 0 saturated carbocycles. The fourth-order valence-corrected chi connectivity index (χ4v) is 2.03. The van der Waals surface area contributed by atoms with Crippen LogP contribution >= 0.6 is 0 Å². The third-order valence-corrected chi connectivity index (χ3v) is 3.11. The van der Waals surface area contributed by atoms with Crippen molar-refractivity contribution in [3.05, 3.63) is 42.5 Å². The molecule has 21 heavy (non-hydrogen) atoms. The van der Waals surface area contributed by atoms with Gasteiger partial charge in [0.15, 0.2) is 0 Å². The Morgan fingerprint density at radius 3 is 2.52 bits per heavy atom. The Bertz CT molecular complexity index is 441. The van der Waals surface area contributed by atoms with Crippen molar-refractivity contribution in [2.24, 2.45) is 5.92 Å². The predicted octanol–water partition coefficient (Wildman–Crippen LogP) is 2.50. The van der Waals surface area contributed by atoms with E-state index >= 15 is 0 Å². The maximum atomic E-state index is 11.8. The van der Waals surface area contributed by atoms with Gasteiger partial charge in [-0.3, -0.25) is 4.79 Å². The van der Waals surface area contributed by atoms with Gasteiger partial charge in [-0.1, -0.05) is 38.6 Å². The van der Waals surface area contributed by atoms with Crippen molar-refractivity contribution < 1.29 is 9.53 Å². The van der Waals surface area contributed by atoms with Crippen LogP contribution < -0.4 is 15.4 Å². The molecule has 1 rings (SSSR count). The monoisotopic (exact) mass is 290 g/mol. The molecule has 0 heterocycles. The lowest BCUT2D eigenvalue weighted by atomic mass is 10.0. The molecular formula is C17H26N2O2. The van der Waals surface area contributed by atoms with Gasteiger partial charge in [0.2, 0.25) is 5.91 Å². The van der Waals surface area contributed by atoms with E-state index in [0.29, 0.717) is 19.1 Å². The van der Waals surface area contributed by atoms with E-state index in [4.69, 9.17) is 4.74 Å². The SMILES string of the molecule is C=CCOc1ccc(CNC(CC(C)C)C(=O)NC)cc1. The molecule has 0 bridgehead atoms. The van der Waals surface area contributed by atoms with Gasteiger partial charge in [-0.2, -0.15) is 0 Å². The third kappa shape index (κ3) is 6.45. The predicted molar refractivity (Wildman–Crippen MR) is 86.3 cm³/mol. The van der Waals surface area contributed by atoms with Crippen molar-refractivity contribution in [2.45, 2.75) is 32.9 Å². The van der Waals surface area contributed by atoms with Gasteiger partial charge in [0.05, 0.1) is 6.04 Å². The van der Waals surface area contributed by atoms with E-state index in [0.717, 1.165) is 17.7 Å². The number of carbonyl (C=O) groups is 1. The molecule has 0 saturated heterocycles. The summed E-state index contributed by atoms with van der Waals surface area (Å²) in [4.78, 5) is 11.8. The van der Waals surface area contributed by atoms with Gasteiger partial charge in [-0.25, -0.2) is 0 Å². The minimum atomic E-state index is -0.160. The topological polar surface area (TPSA) is 50.4 Å². The van der Waals surface area contributed by atoms with Crippen LogP contribution in [-0.4, -0.2) is 25.6 Å². The summed E-state index contributed by atoms with van der Waals surface area (Å²) in [5.41, 5.74) is 1.12. The summed E-state index contributed by atoms with van der Waals surface area (Å²) in [6.45, 7) is 9.01. The second-order valence-electron chi connectivity index (χ2n) is 5.42. The van der Waals surface area contributed by atoms with Gasteiger partial charge < -0.3 is 15.4 Å². The third-order valence-electron chi connectivity index (χ3n) is 3.11. The Kier molecular flexibility index (Phi) is 7.54. The van der Waals surface area contributed by atoms with Crippen LogP contribution in [-0.2, 0) is 11.3 Å². The zero-order valence-corrected chi connectivity index (χ0v) is 13.2. The van der Waals surface area contributed by atoms with E-state index in [1.54, 1.807) is 13.1 Å². The number of amides is 1. The highest BCUT2D eigenvalue weighted by Gasteiger charge is 2.17. The fourth-order valence-electron chi connectivity index (χ4n) is 2.03. The van der Waals surface area contributed by atoms with Crippen molar-refractivity contribution in [1.82, 2.24) is 10.6 Å². The lowest BCUT2D eigenvalue weighted by Crippen LogP contribution is -2.43. The summed E-state index contributed by atoms with van der Waals surface area (Å²) < 4.78 is 5.44. The van der Waals surface area contributed by atoms with Crippen LogP contribution in [0.5, 0.6) is 5.75 Å². The first-order chi connectivity index (χ1) is 10.1. The van der Waals surface area contributed by atoms with Crippen LogP contribution in [0, 0.1) is 5.92 Å². The first kappa shape index (κ1) is 17.2. The molecule has 0 aliphatic rings. The standard InChI is InChI=1S/C17H26N2O2/c1-5-10-21-15-8-6-14(7-9-15)12-19-16(11-13(2)3)17(20)18-4/h5-9,13,16,19H,1,10-12H2,2-4H3,(H,18,20). The second-order valence-corrected chi connectivity index (χ2v) is 5.42. The molecule has 1 aromatic carbocycles. The van der Waals surface area contributed by atoms with Gasteiger partial charge >= 0.3 is 0 Å². The Labute approximate surface area is 127 Å². The van der Waals surface area contributed by atoms with Crippen molar-refractivity contribution in [1.29, 1.82) is 0 Å². The number of ether oxygens (including phenoxy) is 1. The minimum Gasteiger partial charge on any atom is -0.490 e. The Balaban J connectivity index is 2.54. The number of nitrogens with one attached hydrogen (secondary N) is 2. The number of hydrogen-bond acceptors (Lipinski definition) is 3. The maximum absolute atomic E-state index is 11.8. The van der Waals surface area contributed by atoms with Crippen LogP contribution in [0.15, 0.2) is 36.9 Å². The smallest absolute Gasteiger partial charge is 0.236 e.